The molecular formula is C15H28N4O2. The molecule has 1 unspecified atom stereocenters. The largest absolute Gasteiger partial charge is 0.382 e. The lowest BCUT2D eigenvalue weighted by molar-refractivity contribution is -0.154. The van der Waals surface area contributed by atoms with Crippen LogP contribution in [0.25, 0.3) is 0 Å². The second kappa shape index (κ2) is 6.02. The zero-order valence-corrected chi connectivity index (χ0v) is 14.1. The Hall–Kier alpha value is -0.980. The highest BCUT2D eigenvalue weighted by atomic mass is 16.5. The van der Waals surface area contributed by atoms with Gasteiger partial charge in [-0.1, -0.05) is 5.21 Å². The first-order chi connectivity index (χ1) is 9.69. The summed E-state index contributed by atoms with van der Waals surface area (Å²) in [4.78, 5) is 2.37. The number of nitrogens with zero attached hydrogens (tertiary/aromatic N) is 4. The molecule has 1 aromatic heterocycles. The topological polar surface area (TPSA) is 52.4 Å². The second-order valence-corrected chi connectivity index (χ2v) is 7.45. The lowest BCUT2D eigenvalue weighted by Crippen LogP contribution is -2.53. The lowest BCUT2D eigenvalue weighted by Gasteiger charge is -2.42. The molecule has 21 heavy (non-hydrogen) atoms. The van der Waals surface area contributed by atoms with Gasteiger partial charge >= 0.3 is 0 Å². The number of hydrogen-bond donors (Lipinski definition) is 0. The predicted molar refractivity (Wildman–Crippen MR) is 81.1 cm³/mol. The van der Waals surface area contributed by atoms with Gasteiger partial charge in [-0.15, -0.1) is 5.10 Å². The van der Waals surface area contributed by atoms with Crippen molar-refractivity contribution in [1.29, 1.82) is 0 Å². The predicted octanol–water partition coefficient (Wildman–Crippen LogP) is 1.66. The molecule has 0 aromatic carbocycles. The van der Waals surface area contributed by atoms with Crippen LogP contribution in [0.15, 0.2) is 6.20 Å². The third-order valence-electron chi connectivity index (χ3n) is 3.52. The van der Waals surface area contributed by atoms with E-state index in [1.807, 2.05) is 10.9 Å². The maximum Gasteiger partial charge on any atom is 0.0967 e. The highest BCUT2D eigenvalue weighted by Gasteiger charge is 2.33. The molecule has 0 bridgehead atoms. The fraction of sp³-hybridized carbons (Fsp3) is 0.867. The van der Waals surface area contributed by atoms with E-state index in [1.165, 1.54) is 0 Å². The molecule has 1 aliphatic rings. The Morgan fingerprint density at radius 2 is 2.14 bits per heavy atom. The zero-order chi connectivity index (χ0) is 15.7. The number of aromatic nitrogens is 3. The van der Waals surface area contributed by atoms with Gasteiger partial charge in [0.2, 0.25) is 0 Å². The van der Waals surface area contributed by atoms with Gasteiger partial charge in [0.05, 0.1) is 35.7 Å². The van der Waals surface area contributed by atoms with E-state index in [1.54, 1.807) is 7.11 Å². The van der Waals surface area contributed by atoms with Crippen LogP contribution in [0.3, 0.4) is 0 Å². The first kappa shape index (κ1) is 16.4. The Kier molecular flexibility index (Phi) is 4.70. The van der Waals surface area contributed by atoms with Crippen LogP contribution in [0.4, 0.5) is 0 Å². The number of rotatable bonds is 4. The van der Waals surface area contributed by atoms with Gasteiger partial charge in [-0.05, 0) is 34.6 Å². The van der Waals surface area contributed by atoms with E-state index < -0.39 is 0 Å². The van der Waals surface area contributed by atoms with E-state index in [-0.39, 0.29) is 17.2 Å². The molecule has 1 aromatic rings. The van der Waals surface area contributed by atoms with Crippen LogP contribution in [-0.4, -0.2) is 58.4 Å². The Morgan fingerprint density at radius 1 is 1.43 bits per heavy atom. The second-order valence-electron chi connectivity index (χ2n) is 7.45. The van der Waals surface area contributed by atoms with Crippen molar-refractivity contribution in [2.45, 2.75) is 58.4 Å². The molecule has 0 aliphatic carbocycles. The summed E-state index contributed by atoms with van der Waals surface area (Å²) < 4.78 is 13.2. The van der Waals surface area contributed by atoms with Crippen LogP contribution in [0.5, 0.6) is 0 Å². The normalized spacial score (nSPS) is 23.4. The van der Waals surface area contributed by atoms with Crippen LogP contribution in [0, 0.1) is 0 Å². The maximum absolute atomic E-state index is 6.03. The number of ether oxygens (including phenoxy) is 2. The van der Waals surface area contributed by atoms with Crippen LogP contribution >= 0.6 is 0 Å². The third kappa shape index (κ3) is 4.49. The van der Waals surface area contributed by atoms with Crippen molar-refractivity contribution in [3.05, 3.63) is 11.9 Å². The Labute approximate surface area is 127 Å². The third-order valence-corrected chi connectivity index (χ3v) is 3.52. The van der Waals surface area contributed by atoms with Gasteiger partial charge in [0.25, 0.3) is 0 Å². The average molecular weight is 296 g/mol. The van der Waals surface area contributed by atoms with E-state index in [9.17, 15) is 0 Å². The molecule has 2 rings (SSSR count). The van der Waals surface area contributed by atoms with E-state index in [2.05, 4.69) is 49.8 Å². The van der Waals surface area contributed by atoms with Gasteiger partial charge in [-0.2, -0.15) is 0 Å². The van der Waals surface area contributed by atoms with Gasteiger partial charge in [0, 0.05) is 26.7 Å². The van der Waals surface area contributed by atoms with Crippen molar-refractivity contribution >= 4 is 0 Å². The Bertz CT molecular complexity index is 464. The highest BCUT2D eigenvalue weighted by molar-refractivity contribution is 4.96. The molecule has 1 atom stereocenters. The molecule has 0 saturated carbocycles. The van der Waals surface area contributed by atoms with Gasteiger partial charge < -0.3 is 9.47 Å². The summed E-state index contributed by atoms with van der Waals surface area (Å²) in [6, 6.07) is 0. The first-order valence-corrected chi connectivity index (χ1v) is 7.50. The summed E-state index contributed by atoms with van der Waals surface area (Å²) in [5, 5.41) is 8.52. The number of hydrogen-bond acceptors (Lipinski definition) is 5. The van der Waals surface area contributed by atoms with Gasteiger partial charge in [-0.25, -0.2) is 4.68 Å². The molecule has 2 heterocycles. The maximum atomic E-state index is 6.03. The minimum atomic E-state index is -0.165. The fourth-order valence-corrected chi connectivity index (χ4v) is 2.74. The van der Waals surface area contributed by atoms with E-state index in [0.29, 0.717) is 6.61 Å². The van der Waals surface area contributed by atoms with Gasteiger partial charge in [0.15, 0.2) is 0 Å². The van der Waals surface area contributed by atoms with Crippen molar-refractivity contribution < 1.29 is 9.47 Å². The molecule has 120 valence electrons. The summed E-state index contributed by atoms with van der Waals surface area (Å²) in [5.74, 6) is 0. The Morgan fingerprint density at radius 3 is 2.71 bits per heavy atom. The number of morpholine rings is 1. The summed E-state index contributed by atoms with van der Waals surface area (Å²) in [7, 11) is 1.71. The SMILES string of the molecule is COCC1CN(Cc2cn(C(C)(C)C)nn2)CC(C)(C)O1. The van der Waals surface area contributed by atoms with E-state index >= 15 is 0 Å². The van der Waals surface area contributed by atoms with Gasteiger partial charge in [-0.3, -0.25) is 4.90 Å². The highest BCUT2D eigenvalue weighted by Crippen LogP contribution is 2.22. The molecule has 6 nitrogen and oxygen atoms in total. The van der Waals surface area contributed by atoms with E-state index in [4.69, 9.17) is 9.47 Å². The van der Waals surface area contributed by atoms with Crippen molar-refractivity contribution in [2.75, 3.05) is 26.8 Å². The molecule has 0 radical (unpaired) electrons. The smallest absolute Gasteiger partial charge is 0.0967 e. The Balaban J connectivity index is 2.02. The van der Waals surface area contributed by atoms with Crippen molar-refractivity contribution in [3.63, 3.8) is 0 Å². The summed E-state index contributed by atoms with van der Waals surface area (Å²) in [5.41, 5.74) is 0.800. The van der Waals surface area contributed by atoms with Crippen LogP contribution in [0.1, 0.15) is 40.3 Å². The molecule has 1 saturated heterocycles. The van der Waals surface area contributed by atoms with Crippen molar-refractivity contribution in [2.24, 2.45) is 0 Å². The molecule has 1 aliphatic heterocycles. The fourth-order valence-electron chi connectivity index (χ4n) is 2.74. The monoisotopic (exact) mass is 296 g/mol. The average Bonchev–Trinajstić information content (AvgIpc) is 2.75. The minimum absolute atomic E-state index is 0.0336. The molecule has 0 amide bonds. The molecule has 6 heteroatoms. The molecular weight excluding hydrogens is 268 g/mol. The molecule has 0 N–H and O–H groups in total. The number of methoxy groups -OCH3 is 1. The van der Waals surface area contributed by atoms with Crippen LogP contribution < -0.4 is 0 Å². The molecule has 1 fully saturated rings. The van der Waals surface area contributed by atoms with Crippen molar-refractivity contribution in [3.8, 4) is 0 Å². The first-order valence-electron chi connectivity index (χ1n) is 7.50. The zero-order valence-electron chi connectivity index (χ0n) is 14.1. The van der Waals surface area contributed by atoms with Crippen LogP contribution in [0.2, 0.25) is 0 Å². The quantitative estimate of drug-likeness (QED) is 0.846. The van der Waals surface area contributed by atoms with Crippen molar-refractivity contribution in [1.82, 2.24) is 19.9 Å². The van der Waals surface area contributed by atoms with Gasteiger partial charge in [0.1, 0.15) is 0 Å². The summed E-state index contributed by atoms with van der Waals surface area (Å²) in [6.07, 6.45) is 2.14. The lowest BCUT2D eigenvalue weighted by atomic mass is 10.1. The summed E-state index contributed by atoms with van der Waals surface area (Å²) in [6.45, 7) is 13.8. The van der Waals surface area contributed by atoms with E-state index in [0.717, 1.165) is 25.3 Å². The standard InChI is InChI=1S/C15H28N4O2/c1-14(2,3)19-8-12(16-17-19)7-18-9-13(10-20-6)21-15(4,5)11-18/h8,13H,7,9-11H2,1-6H3. The molecule has 0 spiro atoms. The summed E-state index contributed by atoms with van der Waals surface area (Å²) >= 11 is 0. The minimum Gasteiger partial charge on any atom is -0.382 e. The van der Waals surface area contributed by atoms with Crippen LogP contribution in [-0.2, 0) is 21.6 Å².